The average Bonchev–Trinajstić information content (AvgIpc) is 3.40. The quantitative estimate of drug-likeness (QED) is 0.599. The molecule has 3 aromatic rings. The number of carbonyl (C=O) groups excluding carboxylic acids is 2. The maximum Gasteiger partial charge on any atom is 0.317 e. The molecule has 4 heterocycles. The van der Waals surface area contributed by atoms with Gasteiger partial charge in [-0.1, -0.05) is 6.07 Å². The van der Waals surface area contributed by atoms with Gasteiger partial charge in [0.25, 0.3) is 0 Å². The van der Waals surface area contributed by atoms with Crippen LogP contribution in [0.15, 0.2) is 30.7 Å². The number of benzene rings is 1. The number of likely N-dealkylation sites (tertiary alicyclic amines) is 1. The SMILES string of the molecule is CNC(=O)N1CCC(c2cn3ncnc3c(Nc3ccc4c(c3)NC(=O)CCC4)n2)C1. The van der Waals surface area contributed by atoms with Crippen LogP contribution in [0.2, 0.25) is 0 Å². The monoisotopic (exact) mass is 420 g/mol. The first-order valence-corrected chi connectivity index (χ1v) is 10.5. The lowest BCUT2D eigenvalue weighted by atomic mass is 10.1. The molecule has 10 nitrogen and oxygen atoms in total. The summed E-state index contributed by atoms with van der Waals surface area (Å²) in [6.45, 7) is 1.30. The highest BCUT2D eigenvalue weighted by molar-refractivity contribution is 5.93. The Hall–Kier alpha value is -3.69. The van der Waals surface area contributed by atoms with E-state index in [4.69, 9.17) is 4.98 Å². The van der Waals surface area contributed by atoms with Gasteiger partial charge in [-0.25, -0.2) is 19.3 Å². The molecule has 0 aliphatic carbocycles. The summed E-state index contributed by atoms with van der Waals surface area (Å²) in [6.07, 6.45) is 6.47. The van der Waals surface area contributed by atoms with Gasteiger partial charge in [-0.2, -0.15) is 5.10 Å². The van der Waals surface area contributed by atoms with Crippen molar-refractivity contribution in [1.29, 1.82) is 0 Å². The van der Waals surface area contributed by atoms with E-state index in [1.54, 1.807) is 16.5 Å². The first-order chi connectivity index (χ1) is 15.1. The van der Waals surface area contributed by atoms with E-state index in [1.165, 1.54) is 6.33 Å². The van der Waals surface area contributed by atoms with Crippen LogP contribution >= 0.6 is 0 Å². The Bertz CT molecular complexity index is 1160. The molecule has 1 unspecified atom stereocenters. The third-order valence-corrected chi connectivity index (χ3v) is 5.88. The molecule has 1 aromatic carbocycles. The van der Waals surface area contributed by atoms with Gasteiger partial charge < -0.3 is 20.9 Å². The Morgan fingerprint density at radius 3 is 3.06 bits per heavy atom. The summed E-state index contributed by atoms with van der Waals surface area (Å²) in [5, 5.41) is 13.3. The highest BCUT2D eigenvalue weighted by Gasteiger charge is 2.29. The maximum atomic E-state index is 12.0. The van der Waals surface area contributed by atoms with Crippen molar-refractivity contribution >= 4 is 34.8 Å². The zero-order valence-corrected chi connectivity index (χ0v) is 17.3. The van der Waals surface area contributed by atoms with Crippen LogP contribution in [0.5, 0.6) is 0 Å². The van der Waals surface area contributed by atoms with Crippen molar-refractivity contribution in [3.63, 3.8) is 0 Å². The van der Waals surface area contributed by atoms with E-state index >= 15 is 0 Å². The standard InChI is InChI=1S/C21H24N8O2/c1-22-21(31)28-8-7-14(10-28)17-11-29-20(23-12-24-29)19(27-17)25-15-6-5-13-3-2-4-18(30)26-16(13)9-15/h5-6,9,11-12,14H,2-4,7-8,10H2,1H3,(H,22,31)(H,25,27)(H,26,30). The number of aromatic nitrogens is 4. The van der Waals surface area contributed by atoms with Gasteiger partial charge in [-0.15, -0.1) is 0 Å². The molecule has 0 spiro atoms. The predicted molar refractivity (Wildman–Crippen MR) is 115 cm³/mol. The fourth-order valence-electron chi connectivity index (χ4n) is 4.25. The number of aryl methyl sites for hydroxylation is 1. The molecule has 0 radical (unpaired) electrons. The van der Waals surface area contributed by atoms with E-state index in [0.717, 1.165) is 41.9 Å². The third-order valence-electron chi connectivity index (χ3n) is 5.88. The number of rotatable bonds is 3. The van der Waals surface area contributed by atoms with Gasteiger partial charge in [0.2, 0.25) is 5.91 Å². The number of hydrogen-bond acceptors (Lipinski definition) is 6. The molecule has 2 aliphatic rings. The van der Waals surface area contributed by atoms with Crippen LogP contribution in [0.1, 0.15) is 36.4 Å². The van der Waals surface area contributed by atoms with Gasteiger partial charge in [-0.3, -0.25) is 4.79 Å². The lowest BCUT2D eigenvalue weighted by Gasteiger charge is -2.16. The van der Waals surface area contributed by atoms with Crippen molar-refractivity contribution in [2.75, 3.05) is 30.8 Å². The first kappa shape index (κ1) is 19.3. The molecule has 1 saturated heterocycles. The van der Waals surface area contributed by atoms with Crippen LogP contribution in [0.25, 0.3) is 5.65 Å². The Labute approximate surface area is 179 Å². The molecule has 2 aromatic heterocycles. The number of nitrogens with zero attached hydrogens (tertiary/aromatic N) is 5. The maximum absolute atomic E-state index is 12.0. The van der Waals surface area contributed by atoms with Crippen molar-refractivity contribution in [3.8, 4) is 0 Å². The van der Waals surface area contributed by atoms with Crippen LogP contribution in [0.4, 0.5) is 22.0 Å². The predicted octanol–water partition coefficient (Wildman–Crippen LogP) is 2.27. The lowest BCUT2D eigenvalue weighted by Crippen LogP contribution is -2.36. The minimum atomic E-state index is -0.0743. The Morgan fingerprint density at radius 2 is 2.19 bits per heavy atom. The lowest BCUT2D eigenvalue weighted by molar-refractivity contribution is -0.116. The molecule has 160 valence electrons. The molecule has 3 amide bonds. The van der Waals surface area contributed by atoms with Crippen molar-refractivity contribution in [3.05, 3.63) is 42.0 Å². The molecule has 1 fully saturated rings. The number of amides is 3. The Kier molecular flexibility index (Phi) is 4.89. The van der Waals surface area contributed by atoms with Crippen molar-refractivity contribution in [2.45, 2.75) is 31.6 Å². The van der Waals surface area contributed by atoms with E-state index in [2.05, 4.69) is 26.0 Å². The molecule has 1 atom stereocenters. The molecular formula is C21H24N8O2. The van der Waals surface area contributed by atoms with Gasteiger partial charge in [0.05, 0.1) is 11.9 Å². The van der Waals surface area contributed by atoms with E-state index in [9.17, 15) is 9.59 Å². The topological polar surface area (TPSA) is 117 Å². The minimum Gasteiger partial charge on any atom is -0.341 e. The number of urea groups is 1. The zero-order chi connectivity index (χ0) is 21.4. The molecule has 5 rings (SSSR count). The second-order valence-corrected chi connectivity index (χ2v) is 7.93. The van der Waals surface area contributed by atoms with Crippen molar-refractivity contribution in [2.24, 2.45) is 0 Å². The van der Waals surface area contributed by atoms with Crippen LogP contribution < -0.4 is 16.0 Å². The molecule has 2 aliphatic heterocycles. The molecule has 0 bridgehead atoms. The van der Waals surface area contributed by atoms with Gasteiger partial charge >= 0.3 is 6.03 Å². The first-order valence-electron chi connectivity index (χ1n) is 10.5. The van der Waals surface area contributed by atoms with E-state index < -0.39 is 0 Å². The largest absolute Gasteiger partial charge is 0.341 e. The third kappa shape index (κ3) is 3.76. The number of anilines is 3. The van der Waals surface area contributed by atoms with E-state index in [1.807, 2.05) is 24.4 Å². The fourth-order valence-corrected chi connectivity index (χ4v) is 4.25. The van der Waals surface area contributed by atoms with Gasteiger partial charge in [0.1, 0.15) is 6.33 Å². The smallest absolute Gasteiger partial charge is 0.317 e. The summed E-state index contributed by atoms with van der Waals surface area (Å²) < 4.78 is 1.71. The number of nitrogens with one attached hydrogen (secondary N) is 3. The summed E-state index contributed by atoms with van der Waals surface area (Å²) in [6, 6.07) is 5.88. The number of carbonyl (C=O) groups is 2. The second kappa shape index (κ2) is 7.86. The average molecular weight is 420 g/mol. The van der Waals surface area contributed by atoms with Crippen molar-refractivity contribution in [1.82, 2.24) is 29.8 Å². The molecule has 10 heteroatoms. The highest BCUT2D eigenvalue weighted by Crippen LogP contribution is 2.30. The van der Waals surface area contributed by atoms with Gasteiger partial charge in [0, 0.05) is 43.9 Å². The van der Waals surface area contributed by atoms with E-state index in [-0.39, 0.29) is 17.9 Å². The molecule has 3 N–H and O–H groups in total. The summed E-state index contributed by atoms with van der Waals surface area (Å²) in [4.78, 5) is 34.9. The molecular weight excluding hydrogens is 396 g/mol. The van der Waals surface area contributed by atoms with Crippen LogP contribution in [-0.4, -0.2) is 56.6 Å². The fraction of sp³-hybridized carbons (Fsp3) is 0.381. The van der Waals surface area contributed by atoms with E-state index in [0.29, 0.717) is 31.0 Å². The second-order valence-electron chi connectivity index (χ2n) is 7.93. The minimum absolute atomic E-state index is 0.0396. The number of hydrogen-bond donors (Lipinski definition) is 3. The number of fused-ring (bicyclic) bond motifs is 2. The zero-order valence-electron chi connectivity index (χ0n) is 17.3. The molecule has 31 heavy (non-hydrogen) atoms. The molecule has 0 saturated carbocycles. The van der Waals surface area contributed by atoms with Crippen LogP contribution in [0.3, 0.4) is 0 Å². The van der Waals surface area contributed by atoms with Gasteiger partial charge in [-0.05, 0) is 37.0 Å². The summed E-state index contributed by atoms with van der Waals surface area (Å²) in [7, 11) is 1.64. The normalized spacial score (nSPS) is 18.4. The van der Waals surface area contributed by atoms with Crippen LogP contribution in [-0.2, 0) is 11.2 Å². The van der Waals surface area contributed by atoms with Gasteiger partial charge in [0.15, 0.2) is 11.5 Å². The van der Waals surface area contributed by atoms with Crippen LogP contribution in [0, 0.1) is 0 Å². The van der Waals surface area contributed by atoms with Crippen molar-refractivity contribution < 1.29 is 9.59 Å². The summed E-state index contributed by atoms with van der Waals surface area (Å²) in [5.41, 5.74) is 4.25. The Morgan fingerprint density at radius 1 is 1.29 bits per heavy atom. The highest BCUT2D eigenvalue weighted by atomic mass is 16.2. The summed E-state index contributed by atoms with van der Waals surface area (Å²) in [5.74, 6) is 0.754. The Balaban J connectivity index is 1.45. The summed E-state index contributed by atoms with van der Waals surface area (Å²) >= 11 is 0.